The van der Waals surface area contributed by atoms with Crippen molar-refractivity contribution in [3.8, 4) is 0 Å². The summed E-state index contributed by atoms with van der Waals surface area (Å²) in [6.07, 6.45) is 7.35. The van der Waals surface area contributed by atoms with E-state index in [0.29, 0.717) is 12.2 Å². The summed E-state index contributed by atoms with van der Waals surface area (Å²) in [5, 5.41) is 4.46. The molecule has 0 N–H and O–H groups in total. The Hall–Kier alpha value is -1.16. The fraction of sp³-hybridized carbons (Fsp3) is 0.765. The largest absolute Gasteiger partial charge is 0.297 e. The van der Waals surface area contributed by atoms with Crippen LogP contribution in [0.3, 0.4) is 0 Å². The molecule has 0 unspecified atom stereocenters. The van der Waals surface area contributed by atoms with Gasteiger partial charge in [-0.3, -0.25) is 14.4 Å². The van der Waals surface area contributed by atoms with Crippen LogP contribution in [0.2, 0.25) is 0 Å². The molecule has 1 saturated carbocycles. The Morgan fingerprint density at radius 1 is 1.29 bits per heavy atom. The molecule has 0 amide bonds. The zero-order valence-corrected chi connectivity index (χ0v) is 14.0. The van der Waals surface area contributed by atoms with E-state index in [2.05, 4.69) is 37.1 Å². The molecular formula is C17H29N3O. The van der Waals surface area contributed by atoms with Crippen LogP contribution in [0.15, 0.2) is 6.07 Å². The molecule has 4 heteroatoms. The van der Waals surface area contributed by atoms with E-state index >= 15 is 0 Å². The number of hydrogen-bond donors (Lipinski definition) is 0. The highest BCUT2D eigenvalue weighted by Crippen LogP contribution is 2.33. The zero-order chi connectivity index (χ0) is 15.5. The minimum atomic E-state index is -0.271. The predicted molar refractivity (Wildman–Crippen MR) is 85.5 cm³/mol. The van der Waals surface area contributed by atoms with E-state index in [4.69, 9.17) is 0 Å². The summed E-state index contributed by atoms with van der Waals surface area (Å²) < 4.78 is 1.97. The Morgan fingerprint density at radius 3 is 2.43 bits per heavy atom. The van der Waals surface area contributed by atoms with Gasteiger partial charge >= 0.3 is 0 Å². The lowest BCUT2D eigenvalue weighted by Crippen LogP contribution is -2.51. The standard InChI is InChI=1S/C17H29N3O/c1-5-20-15(12-14(2)18-20)13-16(21)17(19(3)4)10-8-6-7-9-11-17/h12H,5-11,13H2,1-4H3. The summed E-state index contributed by atoms with van der Waals surface area (Å²) in [5.41, 5.74) is 1.79. The maximum absolute atomic E-state index is 13.1. The lowest BCUT2D eigenvalue weighted by Gasteiger charge is -2.38. The molecule has 0 bridgehead atoms. The molecule has 1 aliphatic rings. The Kier molecular flexibility index (Phi) is 5.20. The maximum Gasteiger partial charge on any atom is 0.158 e. The second-order valence-corrected chi connectivity index (χ2v) is 6.53. The molecule has 1 aromatic rings. The van der Waals surface area contributed by atoms with E-state index in [1.807, 2.05) is 11.6 Å². The summed E-state index contributed by atoms with van der Waals surface area (Å²) in [4.78, 5) is 15.2. The summed E-state index contributed by atoms with van der Waals surface area (Å²) >= 11 is 0. The third-order valence-electron chi connectivity index (χ3n) is 4.93. The van der Waals surface area contributed by atoms with Crippen LogP contribution in [0.25, 0.3) is 0 Å². The number of nitrogens with zero attached hydrogens (tertiary/aromatic N) is 3. The second-order valence-electron chi connectivity index (χ2n) is 6.53. The summed E-state index contributed by atoms with van der Waals surface area (Å²) in [5.74, 6) is 0.365. The molecule has 1 aromatic heterocycles. The minimum Gasteiger partial charge on any atom is -0.297 e. The van der Waals surface area contributed by atoms with Gasteiger partial charge in [-0.05, 0) is 46.9 Å². The van der Waals surface area contributed by atoms with Crippen molar-refractivity contribution in [1.29, 1.82) is 0 Å². The van der Waals surface area contributed by atoms with Crippen LogP contribution >= 0.6 is 0 Å². The van der Waals surface area contributed by atoms with Gasteiger partial charge < -0.3 is 0 Å². The normalized spacial score (nSPS) is 18.7. The molecule has 0 aliphatic heterocycles. The molecule has 0 radical (unpaired) electrons. The highest BCUT2D eigenvalue weighted by molar-refractivity contribution is 5.90. The van der Waals surface area contributed by atoms with Crippen molar-refractivity contribution in [2.24, 2.45) is 0 Å². The van der Waals surface area contributed by atoms with Gasteiger partial charge in [-0.15, -0.1) is 0 Å². The van der Waals surface area contributed by atoms with Crippen molar-refractivity contribution in [1.82, 2.24) is 14.7 Å². The molecular weight excluding hydrogens is 262 g/mol. The van der Waals surface area contributed by atoms with Crippen molar-refractivity contribution in [2.75, 3.05) is 14.1 Å². The molecule has 1 heterocycles. The molecule has 0 spiro atoms. The Balaban J connectivity index is 2.22. The van der Waals surface area contributed by atoms with Crippen molar-refractivity contribution >= 4 is 5.78 Å². The van der Waals surface area contributed by atoms with E-state index in [-0.39, 0.29) is 5.54 Å². The molecule has 0 saturated heterocycles. The van der Waals surface area contributed by atoms with Crippen molar-refractivity contribution in [3.63, 3.8) is 0 Å². The number of aromatic nitrogens is 2. The second kappa shape index (κ2) is 6.73. The summed E-state index contributed by atoms with van der Waals surface area (Å²) in [7, 11) is 4.12. The topological polar surface area (TPSA) is 38.1 Å². The van der Waals surface area contributed by atoms with Gasteiger partial charge in [0.2, 0.25) is 0 Å². The number of carbonyl (C=O) groups is 1. The van der Waals surface area contributed by atoms with Crippen LogP contribution in [0, 0.1) is 6.92 Å². The average Bonchev–Trinajstić information content (AvgIpc) is 2.66. The van der Waals surface area contributed by atoms with Crippen LogP contribution in [0.5, 0.6) is 0 Å². The zero-order valence-electron chi connectivity index (χ0n) is 14.0. The first-order chi connectivity index (χ1) is 9.99. The quantitative estimate of drug-likeness (QED) is 0.783. The van der Waals surface area contributed by atoms with Crippen molar-refractivity contribution in [2.45, 2.75) is 70.9 Å². The first-order valence-corrected chi connectivity index (χ1v) is 8.23. The molecule has 1 aliphatic carbocycles. The fourth-order valence-electron chi connectivity index (χ4n) is 3.63. The molecule has 0 aromatic carbocycles. The van der Waals surface area contributed by atoms with E-state index in [1.165, 1.54) is 12.8 Å². The number of carbonyl (C=O) groups excluding carboxylic acids is 1. The highest BCUT2D eigenvalue weighted by Gasteiger charge is 2.40. The number of hydrogen-bond acceptors (Lipinski definition) is 3. The van der Waals surface area contributed by atoms with Crippen LogP contribution in [-0.4, -0.2) is 40.1 Å². The smallest absolute Gasteiger partial charge is 0.158 e. The average molecular weight is 291 g/mol. The highest BCUT2D eigenvalue weighted by atomic mass is 16.1. The van der Waals surface area contributed by atoms with Gasteiger partial charge in [0.25, 0.3) is 0 Å². The van der Waals surface area contributed by atoms with Gasteiger partial charge in [0.15, 0.2) is 5.78 Å². The molecule has 21 heavy (non-hydrogen) atoms. The SMILES string of the molecule is CCn1nc(C)cc1CC(=O)C1(N(C)C)CCCCCC1. The first-order valence-electron chi connectivity index (χ1n) is 8.23. The third kappa shape index (κ3) is 3.37. The van der Waals surface area contributed by atoms with Crippen LogP contribution in [0.4, 0.5) is 0 Å². The van der Waals surface area contributed by atoms with Gasteiger partial charge in [-0.2, -0.15) is 5.10 Å². The Labute approximate surface area is 128 Å². The third-order valence-corrected chi connectivity index (χ3v) is 4.93. The van der Waals surface area contributed by atoms with Crippen molar-refractivity contribution < 1.29 is 4.79 Å². The van der Waals surface area contributed by atoms with E-state index in [9.17, 15) is 4.79 Å². The molecule has 1 fully saturated rings. The van der Waals surface area contributed by atoms with Crippen LogP contribution < -0.4 is 0 Å². The number of rotatable bonds is 5. The molecule has 0 atom stereocenters. The van der Waals surface area contributed by atoms with Crippen molar-refractivity contribution in [3.05, 3.63) is 17.5 Å². The maximum atomic E-state index is 13.1. The number of aryl methyl sites for hydroxylation is 2. The predicted octanol–water partition coefficient (Wildman–Crippen LogP) is 2.98. The first kappa shape index (κ1) is 16.2. The Morgan fingerprint density at radius 2 is 1.90 bits per heavy atom. The lowest BCUT2D eigenvalue weighted by atomic mass is 9.82. The van der Waals surface area contributed by atoms with E-state index in [1.54, 1.807) is 0 Å². The van der Waals surface area contributed by atoms with Gasteiger partial charge in [0, 0.05) is 12.2 Å². The van der Waals surface area contributed by atoms with E-state index < -0.39 is 0 Å². The molecule has 2 rings (SSSR count). The summed E-state index contributed by atoms with van der Waals surface area (Å²) in [6.45, 7) is 4.90. The molecule has 4 nitrogen and oxygen atoms in total. The minimum absolute atomic E-state index is 0.271. The van der Waals surface area contributed by atoms with Crippen LogP contribution in [-0.2, 0) is 17.8 Å². The lowest BCUT2D eigenvalue weighted by molar-refractivity contribution is -0.130. The van der Waals surface area contributed by atoms with Crippen LogP contribution in [0.1, 0.15) is 56.8 Å². The Bertz CT molecular complexity index is 482. The summed E-state index contributed by atoms with van der Waals surface area (Å²) in [6, 6.07) is 2.06. The molecule has 118 valence electrons. The van der Waals surface area contributed by atoms with Gasteiger partial charge in [0.05, 0.1) is 17.7 Å². The number of likely N-dealkylation sites (N-methyl/N-ethyl adjacent to an activating group) is 1. The van der Waals surface area contributed by atoms with Gasteiger partial charge in [-0.25, -0.2) is 0 Å². The fourth-order valence-corrected chi connectivity index (χ4v) is 3.63. The van der Waals surface area contributed by atoms with Gasteiger partial charge in [-0.1, -0.05) is 25.7 Å². The monoisotopic (exact) mass is 291 g/mol. The van der Waals surface area contributed by atoms with Gasteiger partial charge in [0.1, 0.15) is 0 Å². The number of ketones is 1. The van der Waals surface area contributed by atoms with E-state index in [0.717, 1.165) is 43.6 Å². The number of Topliss-reactive ketones (excluding diaryl/α,β-unsaturated/α-hetero) is 1.